The Morgan fingerprint density at radius 1 is 0.857 bits per heavy atom. The fourth-order valence-electron chi connectivity index (χ4n) is 4.78. The predicted octanol–water partition coefficient (Wildman–Crippen LogP) is 7.05. The van der Waals surface area contributed by atoms with Crippen molar-refractivity contribution < 1.29 is 23.5 Å². The minimum atomic E-state index is -0.795. The van der Waals surface area contributed by atoms with Gasteiger partial charge in [0.25, 0.3) is 0 Å². The molecule has 0 aliphatic carbocycles. The van der Waals surface area contributed by atoms with Crippen LogP contribution in [-0.4, -0.2) is 35.4 Å². The number of hydrogen-bond acceptors (Lipinski definition) is 6. The van der Waals surface area contributed by atoms with Crippen molar-refractivity contribution in [1.29, 1.82) is 0 Å². The Balaban J connectivity index is 1.59. The van der Waals surface area contributed by atoms with Gasteiger partial charge in [0.05, 0.1) is 12.0 Å². The average molecular weight is 578 g/mol. The second-order valence-corrected chi connectivity index (χ2v) is 10.9. The van der Waals surface area contributed by atoms with Crippen LogP contribution in [0.3, 0.4) is 0 Å². The first-order chi connectivity index (χ1) is 20.5. The van der Waals surface area contributed by atoms with Crippen molar-refractivity contribution in [3.05, 3.63) is 65.5 Å². The monoisotopic (exact) mass is 577 g/mol. The third-order valence-electron chi connectivity index (χ3n) is 7.25. The van der Waals surface area contributed by atoms with Crippen LogP contribution in [0.5, 0.6) is 0 Å². The van der Waals surface area contributed by atoms with Crippen molar-refractivity contribution in [2.75, 3.05) is 6.54 Å². The quantitative estimate of drug-likeness (QED) is 0.110. The van der Waals surface area contributed by atoms with Crippen LogP contribution < -0.4 is 10.6 Å². The summed E-state index contributed by atoms with van der Waals surface area (Å²) in [6, 6.07) is 13.6. The summed E-state index contributed by atoms with van der Waals surface area (Å²) in [5.74, 6) is -0.522. The highest BCUT2D eigenvalue weighted by atomic mass is 16.5. The number of hydrogen-bond donors (Lipinski definition) is 2. The zero-order valence-electron chi connectivity index (χ0n) is 25.3. The summed E-state index contributed by atoms with van der Waals surface area (Å²) < 4.78 is 11.3. The molecule has 1 atom stereocenters. The van der Waals surface area contributed by atoms with Gasteiger partial charge in [-0.2, -0.15) is 0 Å². The van der Waals surface area contributed by atoms with Crippen molar-refractivity contribution in [3.63, 3.8) is 0 Å². The molecular weight excluding hydrogens is 530 g/mol. The van der Waals surface area contributed by atoms with E-state index in [2.05, 4.69) is 29.5 Å². The third-order valence-corrected chi connectivity index (χ3v) is 7.25. The Kier molecular flexibility index (Phi) is 14.6. The number of fused-ring (bicyclic) bond motifs is 1. The van der Waals surface area contributed by atoms with E-state index < -0.39 is 12.0 Å². The molecule has 2 aromatic carbocycles. The molecule has 0 bridgehead atoms. The molecule has 0 aliphatic heterocycles. The summed E-state index contributed by atoms with van der Waals surface area (Å²) in [6.07, 6.45) is 12.5. The maximum Gasteiger partial charge on any atom is 0.338 e. The first kappa shape index (κ1) is 32.8. The van der Waals surface area contributed by atoms with E-state index in [0.29, 0.717) is 35.5 Å². The number of aromatic nitrogens is 1. The van der Waals surface area contributed by atoms with Gasteiger partial charge in [-0.1, -0.05) is 102 Å². The van der Waals surface area contributed by atoms with Crippen LogP contribution in [0.25, 0.3) is 11.1 Å². The molecule has 2 amide bonds. The van der Waals surface area contributed by atoms with E-state index in [-0.39, 0.29) is 24.8 Å². The molecule has 3 rings (SSSR count). The number of amides is 2. The highest BCUT2D eigenvalue weighted by molar-refractivity contribution is 5.93. The number of rotatable bonds is 20. The fourth-order valence-corrected chi connectivity index (χ4v) is 4.78. The number of nitrogens with zero attached hydrogens (tertiary/aromatic N) is 1. The minimum Gasteiger partial charge on any atom is -0.457 e. The Bertz CT molecular complexity index is 1240. The molecule has 1 heterocycles. The molecule has 3 aromatic rings. The maximum absolute atomic E-state index is 13.1. The van der Waals surface area contributed by atoms with Crippen molar-refractivity contribution in [2.24, 2.45) is 0 Å². The van der Waals surface area contributed by atoms with Gasteiger partial charge in [0.15, 0.2) is 11.5 Å². The number of benzene rings is 2. The van der Waals surface area contributed by atoms with Crippen LogP contribution in [-0.2, 0) is 27.4 Å². The third kappa shape index (κ3) is 11.7. The van der Waals surface area contributed by atoms with Gasteiger partial charge < -0.3 is 19.8 Å². The molecule has 2 N–H and O–H groups in total. The van der Waals surface area contributed by atoms with E-state index in [4.69, 9.17) is 9.15 Å². The maximum atomic E-state index is 13.1. The van der Waals surface area contributed by atoms with Crippen molar-refractivity contribution >= 4 is 28.9 Å². The highest BCUT2D eigenvalue weighted by Crippen LogP contribution is 2.20. The van der Waals surface area contributed by atoms with E-state index in [0.717, 1.165) is 50.5 Å². The summed E-state index contributed by atoms with van der Waals surface area (Å²) in [5, 5.41) is 5.87. The lowest BCUT2D eigenvalue weighted by Crippen LogP contribution is -2.48. The van der Waals surface area contributed by atoms with Gasteiger partial charge in [0.2, 0.25) is 11.8 Å². The minimum absolute atomic E-state index is 0.117. The lowest BCUT2D eigenvalue weighted by molar-refractivity contribution is -0.129. The van der Waals surface area contributed by atoms with Gasteiger partial charge in [-0.15, -0.1) is 0 Å². The van der Waals surface area contributed by atoms with Gasteiger partial charge in [-0.3, -0.25) is 9.59 Å². The molecule has 8 heteroatoms. The molecule has 228 valence electrons. The van der Waals surface area contributed by atoms with Gasteiger partial charge in [0.1, 0.15) is 18.2 Å². The van der Waals surface area contributed by atoms with Gasteiger partial charge >= 0.3 is 5.97 Å². The van der Waals surface area contributed by atoms with Crippen LogP contribution >= 0.6 is 0 Å². The van der Waals surface area contributed by atoms with Crippen molar-refractivity contribution in [2.45, 2.75) is 110 Å². The van der Waals surface area contributed by atoms with Gasteiger partial charge in [-0.05, 0) is 36.6 Å². The number of esters is 1. The van der Waals surface area contributed by atoms with E-state index in [1.807, 2.05) is 30.3 Å². The molecule has 0 spiro atoms. The largest absolute Gasteiger partial charge is 0.457 e. The van der Waals surface area contributed by atoms with Crippen LogP contribution in [0.1, 0.15) is 113 Å². The number of carbonyl (C=O) groups is 3. The van der Waals surface area contributed by atoms with Crippen LogP contribution in [0, 0.1) is 0 Å². The summed E-state index contributed by atoms with van der Waals surface area (Å²) >= 11 is 0. The lowest BCUT2D eigenvalue weighted by atomic mass is 10.1. The molecule has 0 aliphatic rings. The van der Waals surface area contributed by atoms with Crippen molar-refractivity contribution in [3.8, 4) is 0 Å². The number of ether oxygens (including phenoxy) is 1. The summed E-state index contributed by atoms with van der Waals surface area (Å²) in [6.45, 7) is 5.08. The number of unbranched alkanes of at least 4 members (excludes halogenated alkanes) is 9. The fraction of sp³-hybridized carbons (Fsp3) is 0.529. The molecule has 8 nitrogen and oxygen atoms in total. The molecule has 1 aromatic heterocycles. The van der Waals surface area contributed by atoms with Gasteiger partial charge in [-0.25, -0.2) is 9.78 Å². The molecule has 1 unspecified atom stereocenters. The second kappa shape index (κ2) is 18.7. The first-order valence-corrected chi connectivity index (χ1v) is 15.7. The lowest BCUT2D eigenvalue weighted by Gasteiger charge is -2.17. The molecular formula is C34H47N3O5. The summed E-state index contributed by atoms with van der Waals surface area (Å²) in [7, 11) is 0. The van der Waals surface area contributed by atoms with Crippen LogP contribution in [0.2, 0.25) is 0 Å². The second-order valence-electron chi connectivity index (χ2n) is 10.9. The normalized spacial score (nSPS) is 11.8. The van der Waals surface area contributed by atoms with E-state index in [1.165, 1.54) is 25.7 Å². The molecule has 0 fully saturated rings. The summed E-state index contributed by atoms with van der Waals surface area (Å²) in [4.78, 5) is 43.0. The predicted molar refractivity (Wildman–Crippen MR) is 165 cm³/mol. The zero-order valence-corrected chi connectivity index (χ0v) is 25.3. The van der Waals surface area contributed by atoms with Crippen LogP contribution in [0.15, 0.2) is 52.9 Å². The van der Waals surface area contributed by atoms with E-state index in [1.54, 1.807) is 18.2 Å². The van der Waals surface area contributed by atoms with Gasteiger partial charge in [0, 0.05) is 13.0 Å². The Labute approximate surface area is 250 Å². The topological polar surface area (TPSA) is 111 Å². The molecule has 0 radical (unpaired) electrons. The Hall–Kier alpha value is -3.68. The number of carbonyl (C=O) groups excluding carboxylic acids is 3. The van der Waals surface area contributed by atoms with E-state index in [9.17, 15) is 14.4 Å². The molecule has 0 saturated heterocycles. The zero-order chi connectivity index (χ0) is 30.0. The first-order valence-electron chi connectivity index (χ1n) is 15.7. The smallest absolute Gasteiger partial charge is 0.338 e. The average Bonchev–Trinajstić information content (AvgIpc) is 3.41. The number of oxazole rings is 1. The van der Waals surface area contributed by atoms with E-state index >= 15 is 0 Å². The summed E-state index contributed by atoms with van der Waals surface area (Å²) in [5.41, 5.74) is 2.26. The standard InChI is InChI=1S/C34H47N3O5/c1-3-5-7-9-10-11-15-19-31(38)36-29(33(39)35-22-16-8-6-4-2)24-32-37-28-23-27(20-21-30(28)42-32)34(40)41-25-26-17-13-12-14-18-26/h12-14,17-18,20-21,23,29H,3-11,15-16,19,22,24-25H2,1-2H3,(H,35,39)(H,36,38). The molecule has 42 heavy (non-hydrogen) atoms. The Morgan fingerprint density at radius 2 is 1.55 bits per heavy atom. The van der Waals surface area contributed by atoms with Crippen molar-refractivity contribution in [1.82, 2.24) is 15.6 Å². The highest BCUT2D eigenvalue weighted by Gasteiger charge is 2.24. The Morgan fingerprint density at radius 3 is 2.29 bits per heavy atom. The SMILES string of the molecule is CCCCCCCCCC(=O)NC(Cc1nc2cc(C(=O)OCc3ccccc3)ccc2o1)C(=O)NCCCCCC. The number of nitrogens with one attached hydrogen (secondary N) is 2. The van der Waals surface area contributed by atoms with Crippen LogP contribution in [0.4, 0.5) is 0 Å². The molecule has 0 saturated carbocycles.